The van der Waals surface area contributed by atoms with Gasteiger partial charge in [0, 0.05) is 25.2 Å². The zero-order chi connectivity index (χ0) is 15.5. The van der Waals surface area contributed by atoms with E-state index in [0.717, 1.165) is 24.3 Å². The van der Waals surface area contributed by atoms with Crippen LogP contribution in [0.15, 0.2) is 24.3 Å². The third-order valence-electron chi connectivity index (χ3n) is 4.93. The highest BCUT2D eigenvalue weighted by Crippen LogP contribution is 2.29. The molecule has 2 N–H and O–H groups in total. The summed E-state index contributed by atoms with van der Waals surface area (Å²) in [6.45, 7) is 0.302. The van der Waals surface area contributed by atoms with Crippen molar-refractivity contribution in [1.29, 1.82) is 0 Å². The molecule has 2 saturated heterocycles. The Morgan fingerprint density at radius 1 is 1.32 bits per heavy atom. The normalized spacial score (nSPS) is 26.5. The van der Waals surface area contributed by atoms with Crippen molar-refractivity contribution in [2.75, 3.05) is 26.0 Å². The zero-order valence-corrected chi connectivity index (χ0v) is 13.3. The van der Waals surface area contributed by atoms with E-state index in [-0.39, 0.29) is 5.91 Å². The average Bonchev–Trinajstić information content (AvgIpc) is 2.90. The molecule has 5 heteroatoms. The highest BCUT2D eigenvalue weighted by atomic mass is 16.5. The Balaban J connectivity index is 1.55. The molecule has 0 aliphatic carbocycles. The van der Waals surface area contributed by atoms with E-state index >= 15 is 0 Å². The third kappa shape index (κ3) is 3.19. The molecule has 2 unspecified atom stereocenters. The lowest BCUT2D eigenvalue weighted by Gasteiger charge is -2.35. The molecule has 120 valence electrons. The molecule has 2 bridgehead atoms. The summed E-state index contributed by atoms with van der Waals surface area (Å²) >= 11 is 0. The Kier molecular flexibility index (Phi) is 4.52. The minimum Gasteiger partial charge on any atom is -0.495 e. The van der Waals surface area contributed by atoms with Crippen LogP contribution in [0.4, 0.5) is 5.69 Å². The van der Waals surface area contributed by atoms with E-state index in [2.05, 4.69) is 10.6 Å². The summed E-state index contributed by atoms with van der Waals surface area (Å²) in [7, 11) is 3.57. The second kappa shape index (κ2) is 6.57. The minimum atomic E-state index is 0.136. The van der Waals surface area contributed by atoms with Crippen molar-refractivity contribution >= 4 is 11.6 Å². The fourth-order valence-electron chi connectivity index (χ4n) is 3.63. The van der Waals surface area contributed by atoms with E-state index in [1.54, 1.807) is 7.11 Å². The number of para-hydroxylation sites is 2. The molecule has 0 aromatic heterocycles. The first kappa shape index (κ1) is 15.2. The van der Waals surface area contributed by atoms with Gasteiger partial charge < -0.3 is 20.3 Å². The molecular weight excluding hydrogens is 278 g/mol. The van der Waals surface area contributed by atoms with E-state index < -0.39 is 0 Å². The van der Waals surface area contributed by atoms with Gasteiger partial charge in [-0.2, -0.15) is 0 Å². The number of anilines is 1. The van der Waals surface area contributed by atoms with Gasteiger partial charge in [-0.1, -0.05) is 12.1 Å². The van der Waals surface area contributed by atoms with Crippen molar-refractivity contribution in [3.05, 3.63) is 24.3 Å². The Bertz CT molecular complexity index is 522. The first-order valence-electron chi connectivity index (χ1n) is 8.06. The number of methoxy groups -OCH3 is 1. The number of fused-ring (bicyclic) bond motifs is 2. The van der Waals surface area contributed by atoms with E-state index in [1.165, 1.54) is 12.8 Å². The van der Waals surface area contributed by atoms with Gasteiger partial charge in [-0.3, -0.25) is 4.79 Å². The Hall–Kier alpha value is -1.75. The fourth-order valence-corrected chi connectivity index (χ4v) is 3.63. The number of hydrogen-bond donors (Lipinski definition) is 2. The number of hydrogen-bond acceptors (Lipinski definition) is 4. The summed E-state index contributed by atoms with van der Waals surface area (Å²) in [5.74, 6) is 0.898. The maximum Gasteiger partial charge on any atom is 0.241 e. The Morgan fingerprint density at radius 2 is 2.00 bits per heavy atom. The van der Waals surface area contributed by atoms with Crippen LogP contribution in [0.3, 0.4) is 0 Å². The van der Waals surface area contributed by atoms with Crippen LogP contribution in [0.1, 0.15) is 25.7 Å². The number of ether oxygens (including phenoxy) is 1. The predicted octanol–water partition coefficient (Wildman–Crippen LogP) is 1.85. The molecule has 2 aliphatic rings. The molecule has 1 amide bonds. The highest BCUT2D eigenvalue weighted by molar-refractivity contribution is 5.81. The van der Waals surface area contributed by atoms with Crippen LogP contribution in [0, 0.1) is 0 Å². The van der Waals surface area contributed by atoms with E-state index in [4.69, 9.17) is 4.74 Å². The standard InChI is InChI=1S/C17H25N3O2/c1-20(14-9-12-7-8-13(10-14)19-12)17(21)11-18-15-5-3-4-6-16(15)22-2/h3-6,12-14,18-19H,7-11H2,1-2H3. The van der Waals surface area contributed by atoms with Gasteiger partial charge in [0.05, 0.1) is 19.3 Å². The number of rotatable bonds is 5. The maximum atomic E-state index is 12.5. The molecule has 2 heterocycles. The first-order valence-corrected chi connectivity index (χ1v) is 8.06. The Morgan fingerprint density at radius 3 is 2.68 bits per heavy atom. The van der Waals surface area contributed by atoms with Gasteiger partial charge in [-0.15, -0.1) is 0 Å². The number of carbonyl (C=O) groups is 1. The number of piperidine rings is 1. The minimum absolute atomic E-state index is 0.136. The number of amides is 1. The maximum absolute atomic E-state index is 12.5. The summed E-state index contributed by atoms with van der Waals surface area (Å²) in [5, 5.41) is 6.81. The zero-order valence-electron chi connectivity index (χ0n) is 13.3. The molecule has 0 spiro atoms. The van der Waals surface area contributed by atoms with Gasteiger partial charge in [-0.25, -0.2) is 0 Å². The molecule has 0 radical (unpaired) electrons. The summed E-state index contributed by atoms with van der Waals surface area (Å²) < 4.78 is 5.30. The van der Waals surface area contributed by atoms with Crippen LogP contribution in [0.2, 0.25) is 0 Å². The van der Waals surface area contributed by atoms with Crippen LogP contribution in [0.25, 0.3) is 0 Å². The molecule has 22 heavy (non-hydrogen) atoms. The van der Waals surface area contributed by atoms with Crippen LogP contribution < -0.4 is 15.4 Å². The lowest BCUT2D eigenvalue weighted by molar-refractivity contribution is -0.130. The average molecular weight is 303 g/mol. The van der Waals surface area contributed by atoms with Gasteiger partial charge in [0.25, 0.3) is 0 Å². The molecule has 3 rings (SSSR count). The third-order valence-corrected chi connectivity index (χ3v) is 4.93. The molecule has 2 aliphatic heterocycles. The van der Waals surface area contributed by atoms with E-state index in [1.807, 2.05) is 36.2 Å². The number of nitrogens with one attached hydrogen (secondary N) is 2. The van der Waals surface area contributed by atoms with Crippen LogP contribution in [-0.2, 0) is 4.79 Å². The number of carbonyl (C=O) groups excluding carboxylic acids is 1. The van der Waals surface area contributed by atoms with Gasteiger partial charge in [-0.05, 0) is 37.8 Å². The van der Waals surface area contributed by atoms with E-state index in [9.17, 15) is 4.79 Å². The van der Waals surface area contributed by atoms with Crippen LogP contribution in [-0.4, -0.2) is 49.6 Å². The lowest BCUT2D eigenvalue weighted by Crippen LogP contribution is -2.49. The molecular formula is C17H25N3O2. The summed E-state index contributed by atoms with van der Waals surface area (Å²) in [6, 6.07) is 9.23. The van der Waals surface area contributed by atoms with Gasteiger partial charge >= 0.3 is 0 Å². The quantitative estimate of drug-likeness (QED) is 0.871. The molecule has 1 aromatic rings. The molecule has 5 nitrogen and oxygen atoms in total. The summed E-state index contributed by atoms with van der Waals surface area (Å²) in [5.41, 5.74) is 0.858. The van der Waals surface area contributed by atoms with Crippen LogP contribution in [0.5, 0.6) is 5.75 Å². The SMILES string of the molecule is COc1ccccc1NCC(=O)N(C)C1CC2CCC(C1)N2. The van der Waals surface area contributed by atoms with Gasteiger partial charge in [0.1, 0.15) is 5.75 Å². The van der Waals surface area contributed by atoms with Crippen molar-refractivity contribution < 1.29 is 9.53 Å². The van der Waals surface area contributed by atoms with E-state index in [0.29, 0.717) is 24.7 Å². The van der Waals surface area contributed by atoms with Crippen molar-refractivity contribution in [1.82, 2.24) is 10.2 Å². The second-order valence-electron chi connectivity index (χ2n) is 6.32. The lowest BCUT2D eigenvalue weighted by atomic mass is 9.98. The van der Waals surface area contributed by atoms with Crippen molar-refractivity contribution in [2.24, 2.45) is 0 Å². The number of benzene rings is 1. The smallest absolute Gasteiger partial charge is 0.241 e. The molecule has 1 aromatic carbocycles. The second-order valence-corrected chi connectivity index (χ2v) is 6.32. The summed E-state index contributed by atoms with van der Waals surface area (Å²) in [4.78, 5) is 14.4. The van der Waals surface area contributed by atoms with Crippen molar-refractivity contribution in [2.45, 2.75) is 43.8 Å². The molecule has 0 saturated carbocycles. The fraction of sp³-hybridized carbons (Fsp3) is 0.588. The van der Waals surface area contributed by atoms with Crippen molar-refractivity contribution in [3.8, 4) is 5.75 Å². The molecule has 2 fully saturated rings. The van der Waals surface area contributed by atoms with Gasteiger partial charge in [0.15, 0.2) is 0 Å². The number of nitrogens with zero attached hydrogens (tertiary/aromatic N) is 1. The molecule has 2 atom stereocenters. The largest absolute Gasteiger partial charge is 0.495 e. The Labute approximate surface area is 132 Å². The number of likely N-dealkylation sites (N-methyl/N-ethyl adjacent to an activating group) is 1. The van der Waals surface area contributed by atoms with Crippen LogP contribution >= 0.6 is 0 Å². The van der Waals surface area contributed by atoms with Gasteiger partial charge in [0.2, 0.25) is 5.91 Å². The topological polar surface area (TPSA) is 53.6 Å². The monoisotopic (exact) mass is 303 g/mol. The predicted molar refractivity (Wildman–Crippen MR) is 87.2 cm³/mol. The highest BCUT2D eigenvalue weighted by Gasteiger charge is 2.36. The first-order chi connectivity index (χ1) is 10.7. The summed E-state index contributed by atoms with van der Waals surface area (Å²) in [6.07, 6.45) is 4.66. The van der Waals surface area contributed by atoms with Crippen molar-refractivity contribution in [3.63, 3.8) is 0 Å².